The Hall–Kier alpha value is -3.63. The molecule has 0 bridgehead atoms. The number of alkyl halides is 6. The third kappa shape index (κ3) is 8.26. The van der Waals surface area contributed by atoms with Crippen LogP contribution in [0.1, 0.15) is 47.6 Å². The minimum absolute atomic E-state index is 0.132. The minimum Gasteiger partial charge on any atom is -0.485 e. The lowest BCUT2D eigenvalue weighted by molar-refractivity contribution is -0.192. The first-order valence-corrected chi connectivity index (χ1v) is 15.1. The van der Waals surface area contributed by atoms with E-state index in [4.69, 9.17) is 14.6 Å². The number of rotatable bonds is 6. The number of anilines is 1. The number of aromatic nitrogens is 1. The van der Waals surface area contributed by atoms with Crippen LogP contribution in [0.5, 0.6) is 5.75 Å². The summed E-state index contributed by atoms with van der Waals surface area (Å²) >= 11 is 1.19. The van der Waals surface area contributed by atoms with Crippen LogP contribution in [0.4, 0.5) is 31.5 Å². The smallest absolute Gasteiger partial charge is 0.485 e. The lowest BCUT2D eigenvalue weighted by Crippen LogP contribution is -2.21. The summed E-state index contributed by atoms with van der Waals surface area (Å²) in [6.07, 6.45) is -3.78. The quantitative estimate of drug-likeness (QED) is 0.264. The molecule has 5 rings (SSSR count). The Morgan fingerprint density at radius 3 is 2.44 bits per heavy atom. The molecule has 232 valence electrons. The molecule has 0 saturated heterocycles. The van der Waals surface area contributed by atoms with Crippen LogP contribution < -0.4 is 14.8 Å². The number of fused-ring (bicyclic) bond motifs is 1. The molecule has 0 spiro atoms. The first-order chi connectivity index (χ1) is 20.1. The molecule has 3 aromatic rings. The van der Waals surface area contributed by atoms with Crippen LogP contribution in [0.3, 0.4) is 0 Å². The zero-order chi connectivity index (χ0) is 31.4. The summed E-state index contributed by atoms with van der Waals surface area (Å²) in [4.78, 5) is 13.0. The number of nitrogens with zero attached hydrogens (tertiary/aromatic N) is 1. The Labute approximate surface area is 246 Å². The number of nitrogens with one attached hydrogen (secondary N) is 2. The first-order valence-electron chi connectivity index (χ1n) is 12.8. The molecule has 2 aromatic carbocycles. The number of hydrogen-bond donors (Lipinski definition) is 3. The van der Waals surface area contributed by atoms with Crippen molar-refractivity contribution < 1.29 is 49.4 Å². The molecule has 0 radical (unpaired) electrons. The lowest BCUT2D eigenvalue weighted by atomic mass is 9.89. The van der Waals surface area contributed by atoms with Gasteiger partial charge in [0.2, 0.25) is 0 Å². The van der Waals surface area contributed by atoms with E-state index < -0.39 is 40.0 Å². The van der Waals surface area contributed by atoms with Gasteiger partial charge in [-0.2, -0.15) is 26.3 Å². The molecule has 1 atom stereocenters. The highest BCUT2D eigenvalue weighted by Crippen LogP contribution is 2.41. The molecule has 3 N–H and O–H groups in total. The van der Waals surface area contributed by atoms with Crippen molar-refractivity contribution in [2.75, 3.05) is 17.8 Å². The molecular weight excluding hydrogens is 624 g/mol. The molecule has 0 amide bonds. The minimum atomic E-state index is -5.08. The van der Waals surface area contributed by atoms with E-state index in [0.717, 1.165) is 35.3 Å². The average molecular weight is 650 g/mol. The fourth-order valence-corrected chi connectivity index (χ4v) is 6.40. The third-order valence-electron chi connectivity index (χ3n) is 6.57. The van der Waals surface area contributed by atoms with E-state index in [2.05, 4.69) is 15.0 Å². The first kappa shape index (κ1) is 32.3. The maximum absolute atomic E-state index is 13.4. The second-order valence-electron chi connectivity index (χ2n) is 9.50. The largest absolute Gasteiger partial charge is 0.490 e. The highest BCUT2D eigenvalue weighted by atomic mass is 32.2. The van der Waals surface area contributed by atoms with E-state index in [-0.39, 0.29) is 10.0 Å². The van der Waals surface area contributed by atoms with E-state index >= 15 is 0 Å². The fraction of sp³-hybridized carbons (Fsp3) is 0.333. The standard InChI is InChI=1S/C25H24F3N3O3S2.C2HF3O2/c26-25(27,28)18-4-7-23(21(15-18)16-8-10-29-11-9-16)34-22-3-1-2-17-14-19(5-6-20(17)22)36(32,33)31-24-30-12-13-35-24;3-2(4,5)1(6)7/h4-8,12-15,22,29H,1-3,9-11H2,(H,30,31);(H,6,7). The van der Waals surface area contributed by atoms with E-state index in [1.54, 1.807) is 17.5 Å². The number of carboxylic acids is 1. The molecule has 0 saturated carbocycles. The van der Waals surface area contributed by atoms with Gasteiger partial charge in [-0.3, -0.25) is 4.72 Å². The molecule has 1 aliphatic carbocycles. The average Bonchev–Trinajstić information content (AvgIpc) is 3.45. The molecular formula is C27H25F6N3O5S2. The molecule has 2 aliphatic rings. The van der Waals surface area contributed by atoms with Crippen molar-refractivity contribution in [3.05, 3.63) is 76.3 Å². The number of aryl methyl sites for hydroxylation is 1. The van der Waals surface area contributed by atoms with Crippen LogP contribution in [0.25, 0.3) is 5.57 Å². The van der Waals surface area contributed by atoms with E-state index in [9.17, 15) is 34.8 Å². The summed E-state index contributed by atoms with van der Waals surface area (Å²) in [6.45, 7) is 1.27. The van der Waals surface area contributed by atoms with Gasteiger partial charge in [0.1, 0.15) is 11.9 Å². The lowest BCUT2D eigenvalue weighted by Gasteiger charge is -2.28. The predicted molar refractivity (Wildman–Crippen MR) is 146 cm³/mol. The van der Waals surface area contributed by atoms with Crippen LogP contribution in [0, 0.1) is 0 Å². The summed E-state index contributed by atoms with van der Waals surface area (Å²) in [5.74, 6) is -2.36. The Kier molecular flexibility index (Phi) is 9.71. The Morgan fingerprint density at radius 1 is 1.09 bits per heavy atom. The van der Waals surface area contributed by atoms with Crippen LogP contribution in [0.2, 0.25) is 0 Å². The number of thiazole rings is 1. The predicted octanol–water partition coefficient (Wildman–Crippen LogP) is 6.43. The van der Waals surface area contributed by atoms with E-state index in [0.29, 0.717) is 43.7 Å². The van der Waals surface area contributed by atoms with Gasteiger partial charge in [-0.15, -0.1) is 11.3 Å². The van der Waals surface area contributed by atoms with Crippen molar-refractivity contribution in [2.24, 2.45) is 0 Å². The van der Waals surface area contributed by atoms with Crippen molar-refractivity contribution >= 4 is 38.0 Å². The van der Waals surface area contributed by atoms with Crippen molar-refractivity contribution in [3.63, 3.8) is 0 Å². The van der Waals surface area contributed by atoms with Crippen molar-refractivity contribution in [1.82, 2.24) is 10.3 Å². The van der Waals surface area contributed by atoms with Crippen LogP contribution in [-0.4, -0.2) is 43.7 Å². The zero-order valence-corrected chi connectivity index (χ0v) is 23.8. The topological polar surface area (TPSA) is 118 Å². The van der Waals surface area contributed by atoms with Gasteiger partial charge in [0.25, 0.3) is 10.0 Å². The molecule has 43 heavy (non-hydrogen) atoms. The summed E-state index contributed by atoms with van der Waals surface area (Å²) in [5, 5.41) is 12.3. The van der Waals surface area contributed by atoms with Crippen molar-refractivity contribution in [3.8, 4) is 5.75 Å². The normalized spacial score (nSPS) is 17.2. The van der Waals surface area contributed by atoms with Gasteiger partial charge in [-0.1, -0.05) is 12.1 Å². The number of carboxylic acid groups (broad SMARTS) is 1. The zero-order valence-electron chi connectivity index (χ0n) is 22.1. The number of ether oxygens (including phenoxy) is 1. The van der Waals surface area contributed by atoms with Crippen molar-refractivity contribution in [2.45, 2.75) is 49.0 Å². The Morgan fingerprint density at radius 2 is 1.84 bits per heavy atom. The second kappa shape index (κ2) is 12.9. The molecule has 1 aliphatic heterocycles. The molecule has 0 fully saturated rings. The van der Waals surface area contributed by atoms with Gasteiger partial charge in [0.15, 0.2) is 5.13 Å². The summed E-state index contributed by atoms with van der Waals surface area (Å²) in [5.41, 5.74) is 2.25. The van der Waals surface area contributed by atoms with E-state index in [1.807, 2.05) is 6.08 Å². The van der Waals surface area contributed by atoms with Crippen molar-refractivity contribution in [1.29, 1.82) is 0 Å². The van der Waals surface area contributed by atoms with Gasteiger partial charge < -0.3 is 15.2 Å². The van der Waals surface area contributed by atoms with E-state index in [1.165, 1.54) is 29.7 Å². The summed E-state index contributed by atoms with van der Waals surface area (Å²) in [7, 11) is -3.80. The maximum atomic E-state index is 13.4. The number of benzene rings is 2. The van der Waals surface area contributed by atoms with Gasteiger partial charge in [0, 0.05) is 23.7 Å². The molecule has 1 unspecified atom stereocenters. The van der Waals surface area contributed by atoms with Gasteiger partial charge >= 0.3 is 18.3 Å². The van der Waals surface area contributed by atoms with Crippen LogP contribution in [0.15, 0.2) is 58.9 Å². The van der Waals surface area contributed by atoms with Gasteiger partial charge in [-0.25, -0.2) is 18.2 Å². The summed E-state index contributed by atoms with van der Waals surface area (Å²) < 4.78 is 107. The summed E-state index contributed by atoms with van der Waals surface area (Å²) in [6, 6.07) is 8.51. The molecule has 2 heterocycles. The Balaban J connectivity index is 0.000000541. The number of carbonyl (C=O) groups is 1. The highest BCUT2D eigenvalue weighted by molar-refractivity contribution is 7.93. The number of halogens is 6. The third-order valence-corrected chi connectivity index (χ3v) is 8.72. The second-order valence-corrected chi connectivity index (χ2v) is 12.1. The number of aliphatic carboxylic acids is 1. The number of sulfonamides is 1. The van der Waals surface area contributed by atoms with Gasteiger partial charge in [-0.05, 0) is 79.3 Å². The Bertz CT molecular complexity index is 1590. The fourth-order valence-electron chi connectivity index (χ4n) is 4.56. The van der Waals surface area contributed by atoms with Crippen LogP contribution in [-0.2, 0) is 27.4 Å². The highest BCUT2D eigenvalue weighted by Gasteiger charge is 2.38. The number of hydrogen-bond acceptors (Lipinski definition) is 7. The molecule has 8 nitrogen and oxygen atoms in total. The maximum Gasteiger partial charge on any atom is 0.490 e. The molecule has 1 aromatic heterocycles. The monoisotopic (exact) mass is 649 g/mol. The van der Waals surface area contributed by atoms with Gasteiger partial charge in [0.05, 0.1) is 10.5 Å². The molecule has 16 heteroatoms. The van der Waals surface area contributed by atoms with Crippen LogP contribution >= 0.6 is 11.3 Å². The SMILES string of the molecule is O=C(O)C(F)(F)F.O=S(=O)(Nc1nccs1)c1ccc2c(c1)CCCC2Oc1ccc(C(F)(F)F)cc1C1=CCNCC1.